The van der Waals surface area contributed by atoms with Crippen LogP contribution >= 0.6 is 11.3 Å². The van der Waals surface area contributed by atoms with E-state index < -0.39 is 10.0 Å². The molecule has 1 unspecified atom stereocenters. The molecule has 0 saturated carbocycles. The van der Waals surface area contributed by atoms with Gasteiger partial charge in [-0.25, -0.2) is 8.42 Å². The maximum Gasteiger partial charge on any atom is 0.261 e. The first-order valence-electron chi connectivity index (χ1n) is 9.04. The minimum Gasteiger partial charge on any atom is -0.497 e. The van der Waals surface area contributed by atoms with Crippen LogP contribution in [0.1, 0.15) is 34.6 Å². The predicted octanol–water partition coefficient (Wildman–Crippen LogP) is 4.44. The molecule has 0 aliphatic rings. The van der Waals surface area contributed by atoms with Crippen LogP contribution in [0.2, 0.25) is 0 Å². The molecule has 1 aromatic heterocycles. The molecule has 0 saturated heterocycles. The Balaban J connectivity index is 1.77. The summed E-state index contributed by atoms with van der Waals surface area (Å²) in [5.41, 5.74) is 0.696. The van der Waals surface area contributed by atoms with Gasteiger partial charge < -0.3 is 10.1 Å². The van der Waals surface area contributed by atoms with Crippen molar-refractivity contribution in [3.8, 4) is 5.75 Å². The lowest BCUT2D eigenvalue weighted by Gasteiger charge is -2.16. The minimum absolute atomic E-state index is 0.0186. The summed E-state index contributed by atoms with van der Waals surface area (Å²) >= 11 is 1.57. The predicted molar refractivity (Wildman–Crippen MR) is 115 cm³/mol. The summed E-state index contributed by atoms with van der Waals surface area (Å²) in [6, 6.07) is 16.3. The lowest BCUT2D eigenvalue weighted by Crippen LogP contribution is -2.27. The number of nitrogens with one attached hydrogen (secondary N) is 2. The van der Waals surface area contributed by atoms with Gasteiger partial charge in [-0.15, -0.1) is 11.3 Å². The molecule has 0 bridgehead atoms. The first-order valence-corrected chi connectivity index (χ1v) is 11.4. The van der Waals surface area contributed by atoms with Crippen molar-refractivity contribution in [3.05, 3.63) is 76.5 Å². The number of thiophene rings is 1. The van der Waals surface area contributed by atoms with Crippen LogP contribution in [0.4, 0.5) is 5.69 Å². The number of hydrogen-bond acceptors (Lipinski definition) is 5. The SMILES string of the molecule is CCC(NC(=O)c1cccc(S(=O)(=O)Nc2ccc(OC)cc2)c1)c1cccs1. The van der Waals surface area contributed by atoms with E-state index in [0.717, 1.165) is 11.3 Å². The molecule has 0 spiro atoms. The molecule has 1 atom stereocenters. The molecule has 8 heteroatoms. The average molecular weight is 431 g/mol. The highest BCUT2D eigenvalue weighted by molar-refractivity contribution is 7.92. The van der Waals surface area contributed by atoms with Gasteiger partial charge in [-0.3, -0.25) is 9.52 Å². The molecule has 1 heterocycles. The van der Waals surface area contributed by atoms with Crippen LogP contribution in [0.3, 0.4) is 0 Å². The van der Waals surface area contributed by atoms with E-state index in [1.807, 2.05) is 24.4 Å². The zero-order chi connectivity index (χ0) is 20.9. The van der Waals surface area contributed by atoms with Gasteiger partial charge in [0.1, 0.15) is 5.75 Å². The van der Waals surface area contributed by atoms with Crippen LogP contribution in [0.5, 0.6) is 5.75 Å². The molecule has 6 nitrogen and oxygen atoms in total. The van der Waals surface area contributed by atoms with Crippen LogP contribution in [0, 0.1) is 0 Å². The normalized spacial score (nSPS) is 12.2. The highest BCUT2D eigenvalue weighted by Crippen LogP contribution is 2.23. The van der Waals surface area contributed by atoms with Crippen molar-refractivity contribution in [1.82, 2.24) is 5.32 Å². The van der Waals surface area contributed by atoms with Crippen molar-refractivity contribution < 1.29 is 17.9 Å². The van der Waals surface area contributed by atoms with Gasteiger partial charge in [-0.05, 0) is 60.3 Å². The number of carbonyl (C=O) groups is 1. The molecular weight excluding hydrogens is 408 g/mol. The molecule has 3 aromatic rings. The molecule has 2 N–H and O–H groups in total. The zero-order valence-corrected chi connectivity index (χ0v) is 17.7. The van der Waals surface area contributed by atoms with Crippen LogP contribution in [0.25, 0.3) is 0 Å². The number of ether oxygens (including phenoxy) is 1. The van der Waals surface area contributed by atoms with Gasteiger partial charge in [-0.1, -0.05) is 19.1 Å². The maximum atomic E-state index is 12.7. The first kappa shape index (κ1) is 20.9. The number of hydrogen-bond donors (Lipinski definition) is 2. The van der Waals surface area contributed by atoms with E-state index in [1.165, 1.54) is 19.2 Å². The maximum absolute atomic E-state index is 12.7. The van der Waals surface area contributed by atoms with Crippen LogP contribution < -0.4 is 14.8 Å². The van der Waals surface area contributed by atoms with Gasteiger partial charge in [-0.2, -0.15) is 0 Å². The Labute approximate surface area is 174 Å². The van der Waals surface area contributed by atoms with Gasteiger partial charge in [0, 0.05) is 16.1 Å². The third-order valence-electron chi connectivity index (χ3n) is 4.35. The van der Waals surface area contributed by atoms with E-state index >= 15 is 0 Å². The number of sulfonamides is 1. The van der Waals surface area contributed by atoms with E-state index in [-0.39, 0.29) is 22.4 Å². The second-order valence-electron chi connectivity index (χ2n) is 6.31. The van der Waals surface area contributed by atoms with Gasteiger partial charge >= 0.3 is 0 Å². The smallest absolute Gasteiger partial charge is 0.261 e. The van der Waals surface area contributed by atoms with Gasteiger partial charge in [0.15, 0.2) is 0 Å². The summed E-state index contributed by atoms with van der Waals surface area (Å²) in [4.78, 5) is 13.8. The van der Waals surface area contributed by atoms with Gasteiger partial charge in [0.05, 0.1) is 18.0 Å². The number of methoxy groups -OCH3 is 1. The number of amides is 1. The summed E-state index contributed by atoms with van der Waals surface area (Å²) in [5, 5.41) is 4.93. The van der Waals surface area contributed by atoms with E-state index in [9.17, 15) is 13.2 Å². The molecule has 1 amide bonds. The van der Waals surface area contributed by atoms with E-state index in [4.69, 9.17) is 4.74 Å². The van der Waals surface area contributed by atoms with E-state index in [0.29, 0.717) is 11.4 Å². The largest absolute Gasteiger partial charge is 0.497 e. The third-order valence-corrected chi connectivity index (χ3v) is 6.71. The topological polar surface area (TPSA) is 84.5 Å². The number of carbonyl (C=O) groups excluding carboxylic acids is 1. The number of rotatable bonds is 8. The van der Waals surface area contributed by atoms with Crippen molar-refractivity contribution in [2.24, 2.45) is 0 Å². The molecule has 3 rings (SSSR count). The average Bonchev–Trinajstić information content (AvgIpc) is 3.27. The summed E-state index contributed by atoms with van der Waals surface area (Å²) in [6.45, 7) is 1.99. The Bertz CT molecular complexity index is 1060. The highest BCUT2D eigenvalue weighted by atomic mass is 32.2. The monoisotopic (exact) mass is 430 g/mol. The molecule has 152 valence electrons. The van der Waals surface area contributed by atoms with Gasteiger partial charge in [0.25, 0.3) is 15.9 Å². The van der Waals surface area contributed by atoms with Gasteiger partial charge in [0.2, 0.25) is 0 Å². The lowest BCUT2D eigenvalue weighted by atomic mass is 10.1. The lowest BCUT2D eigenvalue weighted by molar-refractivity contribution is 0.0936. The fourth-order valence-corrected chi connectivity index (χ4v) is 4.75. The Hall–Kier alpha value is -2.84. The Morgan fingerprint density at radius 1 is 1.10 bits per heavy atom. The van der Waals surface area contributed by atoms with Crippen LogP contribution in [-0.4, -0.2) is 21.4 Å². The second-order valence-corrected chi connectivity index (χ2v) is 8.97. The summed E-state index contributed by atoms with van der Waals surface area (Å²) in [6.07, 6.45) is 0.739. The minimum atomic E-state index is -3.83. The van der Waals surface area contributed by atoms with Crippen molar-refractivity contribution in [2.45, 2.75) is 24.3 Å². The highest BCUT2D eigenvalue weighted by Gasteiger charge is 2.19. The zero-order valence-electron chi connectivity index (χ0n) is 16.1. The second kappa shape index (κ2) is 9.11. The van der Waals surface area contributed by atoms with E-state index in [1.54, 1.807) is 47.7 Å². The molecule has 29 heavy (non-hydrogen) atoms. The van der Waals surface area contributed by atoms with Crippen LogP contribution in [0.15, 0.2) is 70.9 Å². The number of anilines is 1. The fourth-order valence-electron chi connectivity index (χ4n) is 2.78. The molecule has 0 radical (unpaired) electrons. The van der Waals surface area contributed by atoms with E-state index in [2.05, 4.69) is 10.0 Å². The molecule has 0 aliphatic heterocycles. The van der Waals surface area contributed by atoms with Crippen molar-refractivity contribution >= 4 is 33.0 Å². The standard InChI is InChI=1S/C21H22N2O4S2/c1-3-19(20-8-5-13-28-20)22-21(24)15-6-4-7-18(14-15)29(25,26)23-16-9-11-17(27-2)12-10-16/h4-14,19,23H,3H2,1-2H3,(H,22,24). The van der Waals surface area contributed by atoms with Crippen molar-refractivity contribution in [2.75, 3.05) is 11.8 Å². The molecule has 0 aliphatic carbocycles. The summed E-state index contributed by atoms with van der Waals surface area (Å²) in [7, 11) is -2.30. The first-order chi connectivity index (χ1) is 13.9. The van der Waals surface area contributed by atoms with Crippen LogP contribution in [-0.2, 0) is 10.0 Å². The molecular formula is C21H22N2O4S2. The van der Waals surface area contributed by atoms with Crippen molar-refractivity contribution in [3.63, 3.8) is 0 Å². The third kappa shape index (κ3) is 5.16. The van der Waals surface area contributed by atoms with Crippen molar-refractivity contribution in [1.29, 1.82) is 0 Å². The summed E-state index contributed by atoms with van der Waals surface area (Å²) < 4.78 is 33.0. The Kier molecular flexibility index (Phi) is 6.56. The Morgan fingerprint density at radius 3 is 2.48 bits per heavy atom. The summed E-state index contributed by atoms with van der Waals surface area (Å²) in [5.74, 6) is 0.314. The number of benzene rings is 2. The molecule has 2 aromatic carbocycles. The quantitative estimate of drug-likeness (QED) is 0.553. The molecule has 0 fully saturated rings. The fraction of sp³-hybridized carbons (Fsp3) is 0.190. The Morgan fingerprint density at radius 2 is 1.86 bits per heavy atom.